The number of nitrogen functional groups attached to an aromatic ring is 1. The average molecular weight is 360 g/mol. The van der Waals surface area contributed by atoms with E-state index < -0.39 is 5.97 Å². The van der Waals surface area contributed by atoms with Gasteiger partial charge in [-0.1, -0.05) is 37.6 Å². The quantitative estimate of drug-likeness (QED) is 0.718. The highest BCUT2D eigenvalue weighted by atomic mass is 35.5. The first-order chi connectivity index (χ1) is 11.9. The maximum absolute atomic E-state index is 12.0. The van der Waals surface area contributed by atoms with Crippen molar-refractivity contribution in [1.29, 1.82) is 0 Å². The molecule has 2 N–H and O–H groups in total. The van der Waals surface area contributed by atoms with Gasteiger partial charge in [0.2, 0.25) is 5.69 Å². The number of benzene rings is 1. The van der Waals surface area contributed by atoms with E-state index in [2.05, 4.69) is 15.3 Å². The predicted molar refractivity (Wildman–Crippen MR) is 95.7 cm³/mol. The molecule has 0 unspecified atom stereocenters. The molecule has 0 spiro atoms. The van der Waals surface area contributed by atoms with Gasteiger partial charge in [0.1, 0.15) is 0 Å². The van der Waals surface area contributed by atoms with E-state index in [9.17, 15) is 4.79 Å². The Morgan fingerprint density at radius 1 is 1.36 bits per heavy atom. The van der Waals surface area contributed by atoms with Gasteiger partial charge in [-0.05, 0) is 30.5 Å². The highest BCUT2D eigenvalue weighted by Gasteiger charge is 2.24. The van der Waals surface area contributed by atoms with Crippen LogP contribution in [0.4, 0.5) is 5.82 Å². The molecule has 3 aromatic rings. The summed E-state index contributed by atoms with van der Waals surface area (Å²) >= 11 is 6.13. The van der Waals surface area contributed by atoms with Crippen LogP contribution in [-0.2, 0) is 4.74 Å². The first-order valence-electron chi connectivity index (χ1n) is 7.91. The molecule has 8 heteroatoms. The van der Waals surface area contributed by atoms with Crippen LogP contribution in [0.25, 0.3) is 16.8 Å². The molecule has 25 heavy (non-hydrogen) atoms. The number of fused-ring (bicyclic) bond motifs is 1. The number of rotatable bonds is 4. The molecule has 0 saturated heterocycles. The third-order valence-corrected chi connectivity index (χ3v) is 3.97. The summed E-state index contributed by atoms with van der Waals surface area (Å²) in [7, 11) is 0. The molecule has 0 atom stereocenters. The lowest BCUT2D eigenvalue weighted by atomic mass is 10.00. The van der Waals surface area contributed by atoms with Crippen molar-refractivity contribution in [3.8, 4) is 11.1 Å². The molecule has 0 aliphatic rings. The minimum atomic E-state index is -0.625. The third kappa shape index (κ3) is 3.02. The van der Waals surface area contributed by atoms with Gasteiger partial charge in [-0.3, -0.25) is 0 Å². The minimum absolute atomic E-state index is 0.0511. The SMILES string of the molecule is CCOC(=O)c1nnc2c(-c3cccc(Cl)c3)c(C(C)C)nn2c1N. The molecule has 0 bridgehead atoms. The summed E-state index contributed by atoms with van der Waals surface area (Å²) in [4.78, 5) is 12.0. The number of ether oxygens (including phenoxy) is 1. The van der Waals surface area contributed by atoms with Crippen LogP contribution in [0.15, 0.2) is 24.3 Å². The van der Waals surface area contributed by atoms with Gasteiger partial charge in [0.15, 0.2) is 11.5 Å². The van der Waals surface area contributed by atoms with E-state index in [1.54, 1.807) is 13.0 Å². The van der Waals surface area contributed by atoms with E-state index in [1.165, 1.54) is 4.52 Å². The number of hydrogen-bond acceptors (Lipinski definition) is 6. The lowest BCUT2D eigenvalue weighted by Gasteiger charge is -2.06. The monoisotopic (exact) mass is 359 g/mol. The van der Waals surface area contributed by atoms with Crippen molar-refractivity contribution < 1.29 is 9.53 Å². The second-order valence-electron chi connectivity index (χ2n) is 5.82. The molecule has 0 aliphatic carbocycles. The van der Waals surface area contributed by atoms with E-state index in [0.29, 0.717) is 10.7 Å². The van der Waals surface area contributed by atoms with Crippen molar-refractivity contribution in [2.75, 3.05) is 12.3 Å². The first kappa shape index (κ1) is 17.2. The van der Waals surface area contributed by atoms with Crippen molar-refractivity contribution in [2.45, 2.75) is 26.7 Å². The Labute approximate surface area is 149 Å². The van der Waals surface area contributed by atoms with Crippen molar-refractivity contribution >= 4 is 29.0 Å². The van der Waals surface area contributed by atoms with Gasteiger partial charge in [0.05, 0.1) is 17.9 Å². The fourth-order valence-electron chi connectivity index (χ4n) is 2.60. The van der Waals surface area contributed by atoms with Crippen LogP contribution in [0.5, 0.6) is 0 Å². The van der Waals surface area contributed by atoms with Crippen molar-refractivity contribution in [2.24, 2.45) is 0 Å². The molecular formula is C17H18ClN5O2. The minimum Gasteiger partial charge on any atom is -0.461 e. The Kier molecular flexibility index (Phi) is 4.59. The highest BCUT2D eigenvalue weighted by Crippen LogP contribution is 2.34. The van der Waals surface area contributed by atoms with Crippen molar-refractivity contribution in [3.63, 3.8) is 0 Å². The maximum Gasteiger partial charge on any atom is 0.362 e. The summed E-state index contributed by atoms with van der Waals surface area (Å²) in [5, 5.41) is 13.3. The van der Waals surface area contributed by atoms with E-state index in [4.69, 9.17) is 22.1 Å². The van der Waals surface area contributed by atoms with Gasteiger partial charge in [-0.25, -0.2) is 4.79 Å². The van der Waals surface area contributed by atoms with E-state index in [0.717, 1.165) is 16.8 Å². The third-order valence-electron chi connectivity index (χ3n) is 3.73. The van der Waals surface area contributed by atoms with Crippen LogP contribution >= 0.6 is 11.6 Å². The molecule has 3 rings (SSSR count). The van der Waals surface area contributed by atoms with Crippen molar-refractivity contribution in [1.82, 2.24) is 19.8 Å². The molecule has 0 radical (unpaired) electrons. The molecule has 2 aromatic heterocycles. The summed E-state index contributed by atoms with van der Waals surface area (Å²) in [6.45, 7) is 5.97. The number of anilines is 1. The van der Waals surface area contributed by atoms with Crippen LogP contribution < -0.4 is 5.73 Å². The van der Waals surface area contributed by atoms with Gasteiger partial charge in [-0.15, -0.1) is 10.2 Å². The standard InChI is InChI=1S/C17H18ClN5O2/c1-4-25-17(24)14-15(19)23-16(21-20-14)12(13(22-23)9(2)3)10-6-5-7-11(18)8-10/h5-9H,4,19H2,1-3H3. The fraction of sp³-hybridized carbons (Fsp3) is 0.294. The number of esters is 1. The summed E-state index contributed by atoms with van der Waals surface area (Å²) in [6, 6.07) is 7.41. The van der Waals surface area contributed by atoms with Gasteiger partial charge in [0.25, 0.3) is 0 Å². The molecule has 0 fully saturated rings. The molecule has 0 saturated carbocycles. The van der Waals surface area contributed by atoms with Crippen LogP contribution in [0, 0.1) is 0 Å². The Balaban J connectivity index is 2.28. The summed E-state index contributed by atoms with van der Waals surface area (Å²) < 4.78 is 6.40. The summed E-state index contributed by atoms with van der Waals surface area (Å²) in [6.07, 6.45) is 0. The fourth-order valence-corrected chi connectivity index (χ4v) is 2.80. The van der Waals surface area contributed by atoms with Gasteiger partial charge in [-0.2, -0.15) is 9.61 Å². The van der Waals surface area contributed by atoms with Crippen LogP contribution in [0.2, 0.25) is 5.02 Å². The predicted octanol–water partition coefficient (Wildman–Crippen LogP) is 3.33. The number of hydrogen-bond donors (Lipinski definition) is 1. The Morgan fingerprint density at radius 2 is 2.12 bits per heavy atom. The summed E-state index contributed by atoms with van der Waals surface area (Å²) in [5.74, 6) is -0.417. The smallest absolute Gasteiger partial charge is 0.362 e. The van der Waals surface area contributed by atoms with Gasteiger partial charge >= 0.3 is 5.97 Å². The zero-order chi connectivity index (χ0) is 18.1. The molecule has 0 amide bonds. The Morgan fingerprint density at radius 3 is 2.76 bits per heavy atom. The van der Waals surface area contributed by atoms with E-state index >= 15 is 0 Å². The highest BCUT2D eigenvalue weighted by molar-refractivity contribution is 6.30. The lowest BCUT2D eigenvalue weighted by molar-refractivity contribution is 0.0519. The van der Waals surface area contributed by atoms with Crippen molar-refractivity contribution in [3.05, 3.63) is 40.7 Å². The topological polar surface area (TPSA) is 95.4 Å². The summed E-state index contributed by atoms with van der Waals surface area (Å²) in [5.41, 5.74) is 8.99. The van der Waals surface area contributed by atoms with Crippen LogP contribution in [0.3, 0.4) is 0 Å². The van der Waals surface area contributed by atoms with Gasteiger partial charge < -0.3 is 10.5 Å². The maximum atomic E-state index is 12.0. The number of carbonyl (C=O) groups excluding carboxylic acids is 1. The Hall–Kier alpha value is -2.67. The average Bonchev–Trinajstić information content (AvgIpc) is 2.96. The largest absolute Gasteiger partial charge is 0.461 e. The number of halogens is 1. The van der Waals surface area contributed by atoms with Gasteiger partial charge in [0, 0.05) is 5.02 Å². The first-order valence-corrected chi connectivity index (χ1v) is 8.29. The number of carbonyl (C=O) groups is 1. The second kappa shape index (κ2) is 6.68. The van der Waals surface area contributed by atoms with E-state index in [1.807, 2.05) is 32.0 Å². The van der Waals surface area contributed by atoms with Crippen LogP contribution in [0.1, 0.15) is 42.9 Å². The van der Waals surface area contributed by atoms with E-state index in [-0.39, 0.29) is 24.0 Å². The van der Waals surface area contributed by atoms with Crippen LogP contribution in [-0.4, -0.2) is 32.4 Å². The molecule has 130 valence electrons. The zero-order valence-corrected chi connectivity index (χ0v) is 14.9. The molecule has 7 nitrogen and oxygen atoms in total. The normalized spacial score (nSPS) is 11.2. The number of nitrogens with zero attached hydrogens (tertiary/aromatic N) is 4. The Bertz CT molecular complexity index is 952. The second-order valence-corrected chi connectivity index (χ2v) is 6.25. The molecular weight excluding hydrogens is 342 g/mol. The molecule has 1 aromatic carbocycles. The zero-order valence-electron chi connectivity index (χ0n) is 14.2. The lowest BCUT2D eigenvalue weighted by Crippen LogP contribution is -2.15. The number of nitrogens with two attached hydrogens (primary N) is 1. The molecule has 0 aliphatic heterocycles. The number of aromatic nitrogens is 4. The molecule has 2 heterocycles.